The minimum atomic E-state index is -4.98. The molecule has 0 radical (unpaired) electrons. The number of anilines is 1. The van der Waals surface area contributed by atoms with Crippen LogP contribution in [0.5, 0.6) is 5.75 Å². The lowest BCUT2D eigenvalue weighted by Gasteiger charge is -2.35. The zero-order valence-corrected chi connectivity index (χ0v) is 26.2. The third-order valence-corrected chi connectivity index (χ3v) is 9.11. The summed E-state index contributed by atoms with van der Waals surface area (Å²) < 4.78 is 96.9. The molecule has 2 saturated heterocycles. The van der Waals surface area contributed by atoms with E-state index < -0.39 is 61.8 Å². The van der Waals surface area contributed by atoms with Gasteiger partial charge >= 0.3 is 12.4 Å². The summed E-state index contributed by atoms with van der Waals surface area (Å²) in [5, 5.41) is 3.79. The molecular weight excluding hydrogens is 630 g/mol. The van der Waals surface area contributed by atoms with Gasteiger partial charge in [-0.25, -0.2) is 14.6 Å². The third-order valence-electron chi connectivity index (χ3n) is 7.41. The second-order valence-corrected chi connectivity index (χ2v) is 17.8. The van der Waals surface area contributed by atoms with E-state index in [0.717, 1.165) is 24.6 Å². The fourth-order valence-corrected chi connectivity index (χ4v) is 5.57. The molecule has 2 aliphatic heterocycles. The monoisotopic (exact) mass is 666 g/mol. The zero-order valence-electron chi connectivity index (χ0n) is 25.2. The molecule has 45 heavy (non-hydrogen) atoms. The number of amides is 1. The number of carbonyl (C=O) groups is 1. The number of rotatable bonds is 11. The molecule has 250 valence electrons. The van der Waals surface area contributed by atoms with E-state index in [-0.39, 0.29) is 24.9 Å². The number of nitrogens with zero attached hydrogens (tertiary/aromatic N) is 6. The predicted molar refractivity (Wildman–Crippen MR) is 151 cm³/mol. The summed E-state index contributed by atoms with van der Waals surface area (Å²) in [5.74, 6) is -0.748. The average Bonchev–Trinajstić information content (AvgIpc) is 3.40. The molecule has 0 aliphatic carbocycles. The second kappa shape index (κ2) is 14.0. The summed E-state index contributed by atoms with van der Waals surface area (Å²) >= 11 is 0. The fraction of sp³-hybridized carbons (Fsp3) is 0.667. The van der Waals surface area contributed by atoms with Crippen molar-refractivity contribution in [1.82, 2.24) is 24.6 Å². The number of hydrogen-bond acceptors (Lipinski definition) is 9. The average molecular weight is 667 g/mol. The first kappa shape index (κ1) is 34.6. The third kappa shape index (κ3) is 9.62. The Hall–Kier alpha value is -3.25. The standard InChI is InChI=1S/C27H36F6N6O5Si/c1-45(2,3)11-10-42-17-39-24(41)23(27(31,32)33)21(15-36-39)43-16-20-5-4-19(44-20)12-22(40)37-6-8-38(9-7-37)25-34-13-18(14-35-25)26(28,29)30/h13-15,19-20H,4-12,16-17H2,1-3H3. The molecule has 2 aliphatic rings. The summed E-state index contributed by atoms with van der Waals surface area (Å²) in [4.78, 5) is 36.3. The summed E-state index contributed by atoms with van der Waals surface area (Å²) in [6.07, 6.45) is -7.32. The normalized spacial score (nSPS) is 19.7. The lowest BCUT2D eigenvalue weighted by atomic mass is 10.1. The van der Waals surface area contributed by atoms with Crippen molar-refractivity contribution >= 4 is 19.9 Å². The van der Waals surface area contributed by atoms with Gasteiger partial charge < -0.3 is 24.0 Å². The molecule has 0 aromatic carbocycles. The maximum atomic E-state index is 13.8. The first-order valence-corrected chi connectivity index (χ1v) is 18.2. The van der Waals surface area contributed by atoms with Crippen LogP contribution in [0.1, 0.15) is 30.4 Å². The Morgan fingerprint density at radius 3 is 2.22 bits per heavy atom. The van der Waals surface area contributed by atoms with Gasteiger partial charge in [-0.15, -0.1) is 0 Å². The quantitative estimate of drug-likeness (QED) is 0.199. The van der Waals surface area contributed by atoms with E-state index in [1.165, 1.54) is 0 Å². The number of halogens is 6. The molecule has 2 unspecified atom stereocenters. The first-order chi connectivity index (χ1) is 21.0. The Labute approximate surface area is 256 Å². The Morgan fingerprint density at radius 2 is 1.62 bits per heavy atom. The van der Waals surface area contributed by atoms with Crippen LogP contribution in [-0.2, 0) is 33.4 Å². The van der Waals surface area contributed by atoms with E-state index in [2.05, 4.69) is 34.7 Å². The highest BCUT2D eigenvalue weighted by molar-refractivity contribution is 6.76. The Morgan fingerprint density at radius 1 is 0.978 bits per heavy atom. The maximum absolute atomic E-state index is 13.8. The highest BCUT2D eigenvalue weighted by Gasteiger charge is 2.40. The van der Waals surface area contributed by atoms with Crippen LogP contribution in [0.25, 0.3) is 0 Å². The summed E-state index contributed by atoms with van der Waals surface area (Å²) in [7, 11) is -1.42. The van der Waals surface area contributed by atoms with E-state index in [0.29, 0.717) is 50.3 Å². The lowest BCUT2D eigenvalue weighted by Crippen LogP contribution is -2.49. The molecule has 0 bridgehead atoms. The maximum Gasteiger partial charge on any atom is 0.425 e. The van der Waals surface area contributed by atoms with Gasteiger partial charge in [0.25, 0.3) is 5.56 Å². The molecular formula is C27H36F6N6O5Si. The van der Waals surface area contributed by atoms with Crippen molar-refractivity contribution < 1.29 is 45.3 Å². The Kier molecular flexibility index (Phi) is 10.8. The smallest absolute Gasteiger partial charge is 0.425 e. The molecule has 18 heteroatoms. The second-order valence-electron chi connectivity index (χ2n) is 12.1. The highest BCUT2D eigenvalue weighted by atomic mass is 28.3. The molecule has 4 rings (SSSR count). The Balaban J connectivity index is 1.25. The van der Waals surface area contributed by atoms with Crippen LogP contribution in [0.3, 0.4) is 0 Å². The molecule has 2 atom stereocenters. The number of carbonyl (C=O) groups excluding carboxylic acids is 1. The molecule has 2 aromatic rings. The van der Waals surface area contributed by atoms with Gasteiger partial charge in [0.15, 0.2) is 11.3 Å². The van der Waals surface area contributed by atoms with Gasteiger partial charge in [0.2, 0.25) is 11.9 Å². The molecule has 2 aromatic heterocycles. The molecule has 0 spiro atoms. The van der Waals surface area contributed by atoms with E-state index >= 15 is 0 Å². The largest absolute Gasteiger partial charge is 0.488 e. The molecule has 1 amide bonds. The predicted octanol–water partition coefficient (Wildman–Crippen LogP) is 4.05. The van der Waals surface area contributed by atoms with Gasteiger partial charge in [-0.05, 0) is 18.9 Å². The lowest BCUT2D eigenvalue weighted by molar-refractivity contribution is -0.141. The van der Waals surface area contributed by atoms with Crippen LogP contribution in [0.4, 0.5) is 32.3 Å². The van der Waals surface area contributed by atoms with Crippen LogP contribution in [-0.4, -0.2) is 90.2 Å². The highest BCUT2D eigenvalue weighted by Crippen LogP contribution is 2.34. The number of aromatic nitrogens is 4. The van der Waals surface area contributed by atoms with Gasteiger partial charge in [-0.1, -0.05) is 19.6 Å². The summed E-state index contributed by atoms with van der Waals surface area (Å²) in [5.41, 5.74) is -3.79. The van der Waals surface area contributed by atoms with Crippen molar-refractivity contribution in [3.63, 3.8) is 0 Å². The van der Waals surface area contributed by atoms with Crippen molar-refractivity contribution in [3.05, 3.63) is 40.1 Å². The molecule has 0 saturated carbocycles. The SMILES string of the molecule is C[Si](C)(C)CCOCn1ncc(OCC2CCC(CC(=O)N3CCN(c4ncc(C(F)(F)F)cn4)CC3)O2)c(C(F)(F)F)c1=O. The number of piperazine rings is 1. The van der Waals surface area contributed by atoms with Gasteiger partial charge in [-0.2, -0.15) is 31.4 Å². The molecule has 11 nitrogen and oxygen atoms in total. The molecule has 4 heterocycles. The van der Waals surface area contributed by atoms with E-state index in [1.54, 1.807) is 9.80 Å². The van der Waals surface area contributed by atoms with Crippen molar-refractivity contribution in [3.8, 4) is 5.75 Å². The number of hydrogen-bond donors (Lipinski definition) is 0. The fourth-order valence-electron chi connectivity index (χ4n) is 4.81. The van der Waals surface area contributed by atoms with Crippen LogP contribution >= 0.6 is 0 Å². The van der Waals surface area contributed by atoms with Gasteiger partial charge in [0.05, 0.1) is 30.4 Å². The molecule has 0 N–H and O–H groups in total. The topological polar surface area (TPSA) is 112 Å². The van der Waals surface area contributed by atoms with E-state index in [1.807, 2.05) is 0 Å². The number of ether oxygens (including phenoxy) is 3. The van der Waals surface area contributed by atoms with E-state index in [9.17, 15) is 35.9 Å². The molecule has 2 fully saturated rings. The van der Waals surface area contributed by atoms with Gasteiger partial charge in [0, 0.05) is 53.3 Å². The number of alkyl halides is 6. The van der Waals surface area contributed by atoms with Crippen LogP contribution in [0, 0.1) is 0 Å². The first-order valence-electron chi connectivity index (χ1n) is 14.5. The van der Waals surface area contributed by atoms with Crippen molar-refractivity contribution in [1.29, 1.82) is 0 Å². The Bertz CT molecular complexity index is 1360. The minimum absolute atomic E-state index is 0.0520. The van der Waals surface area contributed by atoms with Crippen molar-refractivity contribution in [2.24, 2.45) is 0 Å². The van der Waals surface area contributed by atoms with Crippen LogP contribution < -0.4 is 15.2 Å². The van der Waals surface area contributed by atoms with Gasteiger partial charge in [-0.3, -0.25) is 9.59 Å². The van der Waals surface area contributed by atoms with E-state index in [4.69, 9.17) is 14.2 Å². The summed E-state index contributed by atoms with van der Waals surface area (Å²) in [6.45, 7) is 7.28. The van der Waals surface area contributed by atoms with Crippen molar-refractivity contribution in [2.45, 2.75) is 76.2 Å². The van der Waals surface area contributed by atoms with Crippen molar-refractivity contribution in [2.75, 3.05) is 44.3 Å². The minimum Gasteiger partial charge on any atom is -0.488 e. The van der Waals surface area contributed by atoms with Crippen LogP contribution in [0.15, 0.2) is 23.4 Å². The van der Waals surface area contributed by atoms with Crippen LogP contribution in [0.2, 0.25) is 25.7 Å². The summed E-state index contributed by atoms with van der Waals surface area (Å²) in [6, 6.07) is 0.779. The zero-order chi connectivity index (χ0) is 33.0. The van der Waals surface area contributed by atoms with Gasteiger partial charge in [0.1, 0.15) is 13.3 Å².